The summed E-state index contributed by atoms with van der Waals surface area (Å²) in [6.45, 7) is 26.3. The first-order valence-corrected chi connectivity index (χ1v) is 17.9. The monoisotopic (exact) mass is 572 g/mol. The SMILES string of the molecule is CCOC(=O)C(C)[C@H](/C=C/[C@@H](C)OCOC)[C@H](CCO[Si](C)(C)C(C)(C)C)[C@H](C)CC1(CC(C)C)OCCO1. The predicted molar refractivity (Wildman–Crippen MR) is 160 cm³/mol. The summed E-state index contributed by atoms with van der Waals surface area (Å²) in [6, 6.07) is 0. The summed E-state index contributed by atoms with van der Waals surface area (Å²) in [5.74, 6) is -0.323. The summed E-state index contributed by atoms with van der Waals surface area (Å²) in [4.78, 5) is 13.1. The molecule has 8 heteroatoms. The second-order valence-corrected chi connectivity index (χ2v) is 18.0. The minimum Gasteiger partial charge on any atom is -0.466 e. The van der Waals surface area contributed by atoms with Crippen molar-refractivity contribution in [3.8, 4) is 0 Å². The van der Waals surface area contributed by atoms with Crippen molar-refractivity contribution in [3.63, 3.8) is 0 Å². The lowest BCUT2D eigenvalue weighted by Gasteiger charge is -2.40. The average molecular weight is 573 g/mol. The summed E-state index contributed by atoms with van der Waals surface area (Å²) in [6.07, 6.45) is 6.50. The van der Waals surface area contributed by atoms with Crippen molar-refractivity contribution in [3.05, 3.63) is 12.2 Å². The number of allylic oxidation sites excluding steroid dienone is 1. The van der Waals surface area contributed by atoms with Gasteiger partial charge in [-0.3, -0.25) is 4.79 Å². The van der Waals surface area contributed by atoms with Crippen molar-refractivity contribution in [1.29, 1.82) is 0 Å². The van der Waals surface area contributed by atoms with E-state index in [1.807, 2.05) is 26.8 Å². The molecule has 5 atom stereocenters. The largest absolute Gasteiger partial charge is 0.466 e. The van der Waals surface area contributed by atoms with Gasteiger partial charge in [0.25, 0.3) is 0 Å². The van der Waals surface area contributed by atoms with Crippen LogP contribution >= 0.6 is 0 Å². The number of esters is 1. The lowest BCUT2D eigenvalue weighted by Crippen LogP contribution is -2.42. The first-order chi connectivity index (χ1) is 18.1. The van der Waals surface area contributed by atoms with Crippen molar-refractivity contribution in [2.75, 3.05) is 40.3 Å². The summed E-state index contributed by atoms with van der Waals surface area (Å²) >= 11 is 0. The first-order valence-electron chi connectivity index (χ1n) is 15.0. The molecule has 7 nitrogen and oxygen atoms in total. The second kappa shape index (κ2) is 16.6. The van der Waals surface area contributed by atoms with E-state index < -0.39 is 14.1 Å². The highest BCUT2D eigenvalue weighted by Crippen LogP contribution is 2.42. The molecule has 1 aliphatic rings. The van der Waals surface area contributed by atoms with Crippen molar-refractivity contribution in [1.82, 2.24) is 0 Å². The van der Waals surface area contributed by atoms with Crippen LogP contribution in [0.4, 0.5) is 0 Å². The van der Waals surface area contributed by atoms with Crippen molar-refractivity contribution in [2.24, 2.45) is 29.6 Å². The van der Waals surface area contributed by atoms with Crippen LogP contribution in [0.1, 0.15) is 81.6 Å². The Hall–Kier alpha value is -0.773. The standard InChI is InChI=1S/C31H60O7Si/c1-13-34-29(32)26(6)28(15-14-25(5)35-22-33-10)27(16-17-38-39(11,12)30(7,8)9)24(4)21-31(20-23(2)3)36-18-19-37-31/h14-15,23-28H,13,16-22H2,1-12H3/b15-14+/t24-,25-,26?,27-,28+/m1/s1. The Morgan fingerprint density at radius 1 is 1.03 bits per heavy atom. The molecule has 39 heavy (non-hydrogen) atoms. The third-order valence-corrected chi connectivity index (χ3v) is 12.9. The van der Waals surface area contributed by atoms with Gasteiger partial charge in [0.05, 0.1) is 31.8 Å². The van der Waals surface area contributed by atoms with Gasteiger partial charge < -0.3 is 28.1 Å². The molecule has 0 aliphatic carbocycles. The van der Waals surface area contributed by atoms with E-state index in [0.717, 1.165) is 19.3 Å². The molecule has 0 bridgehead atoms. The predicted octanol–water partition coefficient (Wildman–Crippen LogP) is 7.21. The molecule has 230 valence electrons. The zero-order valence-corrected chi connectivity index (χ0v) is 28.1. The Bertz CT molecular complexity index is 725. The molecule has 0 aromatic rings. The number of ether oxygens (including phenoxy) is 5. The van der Waals surface area contributed by atoms with Gasteiger partial charge >= 0.3 is 5.97 Å². The fourth-order valence-corrected chi connectivity index (χ4v) is 6.29. The van der Waals surface area contributed by atoms with E-state index in [9.17, 15) is 4.79 Å². The van der Waals surface area contributed by atoms with E-state index in [0.29, 0.717) is 32.3 Å². The van der Waals surface area contributed by atoms with Gasteiger partial charge in [-0.25, -0.2) is 0 Å². The number of hydrogen-bond donors (Lipinski definition) is 0. The van der Waals surface area contributed by atoms with Crippen LogP contribution in [0.3, 0.4) is 0 Å². The molecule has 1 heterocycles. The molecule has 1 aliphatic heterocycles. The van der Waals surface area contributed by atoms with E-state index in [1.54, 1.807) is 7.11 Å². The maximum Gasteiger partial charge on any atom is 0.309 e. The Kier molecular flexibility index (Phi) is 15.4. The summed E-state index contributed by atoms with van der Waals surface area (Å²) in [5, 5.41) is 0.132. The van der Waals surface area contributed by atoms with E-state index in [1.165, 1.54) is 0 Å². The summed E-state index contributed by atoms with van der Waals surface area (Å²) in [5.41, 5.74) is 0. The molecule has 0 spiro atoms. The molecule has 0 amide bonds. The van der Waals surface area contributed by atoms with Crippen LogP contribution < -0.4 is 0 Å². The Balaban J connectivity index is 3.36. The van der Waals surface area contributed by atoms with E-state index in [2.05, 4.69) is 60.7 Å². The zero-order valence-electron chi connectivity index (χ0n) is 27.1. The van der Waals surface area contributed by atoms with Crippen LogP contribution in [0.25, 0.3) is 0 Å². The minimum atomic E-state index is -1.92. The molecule has 0 aromatic heterocycles. The fourth-order valence-electron chi connectivity index (χ4n) is 5.23. The number of rotatable bonds is 18. The number of hydrogen-bond acceptors (Lipinski definition) is 7. The van der Waals surface area contributed by atoms with Crippen LogP contribution in [-0.2, 0) is 32.9 Å². The fraction of sp³-hybridized carbons (Fsp3) is 0.903. The molecule has 1 fully saturated rings. The van der Waals surface area contributed by atoms with Crippen molar-refractivity contribution >= 4 is 14.3 Å². The van der Waals surface area contributed by atoms with Crippen molar-refractivity contribution < 1.29 is 32.9 Å². The van der Waals surface area contributed by atoms with Crippen LogP contribution in [0.5, 0.6) is 0 Å². The number of methoxy groups -OCH3 is 1. The molecule has 0 aromatic carbocycles. The minimum absolute atomic E-state index is 0.0619. The average Bonchev–Trinajstić information content (AvgIpc) is 3.27. The molecule has 1 saturated heterocycles. The van der Waals surface area contributed by atoms with Gasteiger partial charge in [0.2, 0.25) is 0 Å². The highest BCUT2D eigenvalue weighted by molar-refractivity contribution is 6.74. The lowest BCUT2D eigenvalue weighted by atomic mass is 9.71. The van der Waals surface area contributed by atoms with Gasteiger partial charge in [-0.2, -0.15) is 0 Å². The molecule has 1 unspecified atom stereocenters. The highest BCUT2D eigenvalue weighted by atomic mass is 28.4. The maximum atomic E-state index is 13.1. The molecule has 0 saturated carbocycles. The number of carbonyl (C=O) groups excluding carboxylic acids is 1. The molecule has 0 N–H and O–H groups in total. The zero-order chi connectivity index (χ0) is 29.9. The summed E-state index contributed by atoms with van der Waals surface area (Å²) in [7, 11) is -0.306. The van der Waals surface area contributed by atoms with Crippen LogP contribution in [0, 0.1) is 29.6 Å². The highest BCUT2D eigenvalue weighted by Gasteiger charge is 2.43. The third kappa shape index (κ3) is 11.9. The Morgan fingerprint density at radius 2 is 1.64 bits per heavy atom. The Morgan fingerprint density at radius 3 is 2.15 bits per heavy atom. The van der Waals surface area contributed by atoms with Gasteiger partial charge in [0, 0.05) is 26.6 Å². The van der Waals surface area contributed by atoms with E-state index in [4.69, 9.17) is 28.1 Å². The van der Waals surface area contributed by atoms with Crippen molar-refractivity contribution in [2.45, 2.75) is 112 Å². The van der Waals surface area contributed by atoms with Gasteiger partial charge in [-0.1, -0.05) is 60.6 Å². The van der Waals surface area contributed by atoms with Crippen LogP contribution in [-0.4, -0.2) is 66.5 Å². The smallest absolute Gasteiger partial charge is 0.309 e. The Labute approximate surface area is 240 Å². The number of carbonyl (C=O) groups is 1. The second-order valence-electron chi connectivity index (χ2n) is 13.2. The van der Waals surface area contributed by atoms with Crippen LogP contribution in [0.15, 0.2) is 12.2 Å². The van der Waals surface area contributed by atoms with Gasteiger partial charge in [-0.05, 0) is 62.1 Å². The molecule has 1 rings (SSSR count). The maximum absolute atomic E-state index is 13.1. The molecular formula is C31H60O7Si. The van der Waals surface area contributed by atoms with Gasteiger partial charge in [-0.15, -0.1) is 0 Å². The normalized spacial score (nSPS) is 20.2. The first kappa shape index (κ1) is 36.3. The third-order valence-electron chi connectivity index (χ3n) is 8.40. The van der Waals surface area contributed by atoms with Crippen LogP contribution in [0.2, 0.25) is 18.1 Å². The van der Waals surface area contributed by atoms with Gasteiger partial charge in [0.15, 0.2) is 14.1 Å². The quantitative estimate of drug-likeness (QED) is 0.0743. The molecular weight excluding hydrogens is 512 g/mol. The van der Waals surface area contributed by atoms with E-state index in [-0.39, 0.29) is 47.6 Å². The molecule has 0 radical (unpaired) electrons. The topological polar surface area (TPSA) is 72.5 Å². The van der Waals surface area contributed by atoms with E-state index >= 15 is 0 Å². The summed E-state index contributed by atoms with van der Waals surface area (Å²) < 4.78 is 35.4. The van der Waals surface area contributed by atoms with Gasteiger partial charge in [0.1, 0.15) is 6.79 Å². The lowest BCUT2D eigenvalue weighted by molar-refractivity contribution is -0.184.